The minimum atomic E-state index is -0.852. The molecule has 0 fully saturated rings. The van der Waals surface area contributed by atoms with Crippen LogP contribution in [0, 0.1) is 6.92 Å². The molecular weight excluding hydrogens is 528 g/mol. The highest BCUT2D eigenvalue weighted by Gasteiger charge is 2.22. The second kappa shape index (κ2) is 9.65. The Morgan fingerprint density at radius 2 is 1.68 bits per heavy atom. The van der Waals surface area contributed by atoms with Gasteiger partial charge in [0.1, 0.15) is 5.69 Å². The van der Waals surface area contributed by atoms with Gasteiger partial charge in [-0.15, -0.1) is 0 Å². The first kappa shape index (κ1) is 23.0. The number of hydrogen-bond acceptors (Lipinski definition) is 3. The number of carbonyl (C=O) groups excluding carboxylic acids is 3. The number of nitrogens with zero attached hydrogens (tertiary/aromatic N) is 1. The molecule has 0 radical (unpaired) electrons. The van der Waals surface area contributed by atoms with Gasteiger partial charge in [0.05, 0.1) is 5.52 Å². The summed E-state index contributed by atoms with van der Waals surface area (Å²) in [5.74, 6) is -2.03. The van der Waals surface area contributed by atoms with Crippen molar-refractivity contribution in [3.05, 3.63) is 62.7 Å². The molecule has 0 saturated heterocycles. The molecule has 31 heavy (non-hydrogen) atoms. The van der Waals surface area contributed by atoms with Gasteiger partial charge in [-0.3, -0.25) is 19.8 Å². The van der Waals surface area contributed by atoms with E-state index in [0.717, 1.165) is 19.9 Å². The van der Waals surface area contributed by atoms with E-state index < -0.39 is 17.7 Å². The summed E-state index contributed by atoms with van der Waals surface area (Å²) >= 11 is 6.82. The highest BCUT2D eigenvalue weighted by Crippen LogP contribution is 2.25. The normalized spacial score (nSPS) is 11.8. The molecule has 2 aromatic carbocycles. The Hall–Kier alpha value is -2.65. The van der Waals surface area contributed by atoms with Crippen molar-refractivity contribution in [2.75, 3.05) is 10.7 Å². The maximum Gasteiger partial charge on any atom is 0.328 e. The molecule has 3 rings (SSSR count). The number of halogens is 2. The molecular formula is C22H22Br2N4O3. The molecule has 162 valence electrons. The van der Waals surface area contributed by atoms with Crippen LogP contribution in [0.2, 0.25) is 0 Å². The van der Waals surface area contributed by atoms with Gasteiger partial charge in [0, 0.05) is 26.1 Å². The molecule has 1 atom stereocenters. The van der Waals surface area contributed by atoms with Crippen LogP contribution in [0.15, 0.2) is 51.4 Å². The third-order valence-corrected chi connectivity index (χ3v) is 5.83. The average Bonchev–Trinajstić information content (AvgIpc) is 3.07. The monoisotopic (exact) mass is 548 g/mol. The van der Waals surface area contributed by atoms with Gasteiger partial charge in [0.2, 0.25) is 0 Å². The molecule has 0 saturated carbocycles. The van der Waals surface area contributed by atoms with Gasteiger partial charge in [-0.05, 0) is 68.3 Å². The van der Waals surface area contributed by atoms with E-state index in [1.54, 1.807) is 24.3 Å². The summed E-state index contributed by atoms with van der Waals surface area (Å²) in [4.78, 5) is 37.8. The van der Waals surface area contributed by atoms with Crippen LogP contribution in [-0.2, 0) is 9.59 Å². The molecule has 3 amide bonds. The van der Waals surface area contributed by atoms with Crippen LogP contribution in [0.1, 0.15) is 36.3 Å². The van der Waals surface area contributed by atoms with Gasteiger partial charge >= 0.3 is 11.8 Å². The van der Waals surface area contributed by atoms with E-state index in [2.05, 4.69) is 47.9 Å². The van der Waals surface area contributed by atoms with Crippen LogP contribution in [0.5, 0.6) is 0 Å². The predicted octanol–water partition coefficient (Wildman–Crippen LogP) is 4.71. The van der Waals surface area contributed by atoms with Gasteiger partial charge in [-0.1, -0.05) is 38.8 Å². The number of amides is 3. The molecule has 1 heterocycles. The van der Waals surface area contributed by atoms with E-state index in [0.29, 0.717) is 17.6 Å². The van der Waals surface area contributed by atoms with E-state index in [1.807, 2.05) is 39.0 Å². The molecule has 3 aromatic rings. The van der Waals surface area contributed by atoms with Crippen molar-refractivity contribution in [2.24, 2.45) is 0 Å². The summed E-state index contributed by atoms with van der Waals surface area (Å²) in [6.07, 6.45) is 0.694. The van der Waals surface area contributed by atoms with E-state index >= 15 is 0 Å². The second-order valence-corrected chi connectivity index (χ2v) is 9.04. The number of hydrogen-bond donors (Lipinski definition) is 3. The standard InChI is InChI=1S/C22H22Br2N4O3/c1-4-13(3)25-21(30)22(31)27-28-18-8-6-16(24)10-14(18)11-19(28)20(29)26-17-7-5-15(23)9-12(17)2/h5-11,13H,4H2,1-3H3,(H,25,30)(H,26,29)(H,27,31)/t13-/m0/s1. The fraction of sp³-hybridized carbons (Fsp3) is 0.227. The largest absolute Gasteiger partial charge is 0.345 e. The summed E-state index contributed by atoms with van der Waals surface area (Å²) in [7, 11) is 0. The third-order valence-electron chi connectivity index (χ3n) is 4.84. The topological polar surface area (TPSA) is 92.2 Å². The van der Waals surface area contributed by atoms with Crippen LogP contribution in [0.25, 0.3) is 10.9 Å². The first-order valence-corrected chi connectivity index (χ1v) is 11.3. The molecule has 9 heteroatoms. The summed E-state index contributed by atoms with van der Waals surface area (Å²) in [5.41, 5.74) is 4.86. The zero-order chi connectivity index (χ0) is 22.7. The van der Waals surface area contributed by atoms with Crippen LogP contribution in [0.3, 0.4) is 0 Å². The summed E-state index contributed by atoms with van der Waals surface area (Å²) in [6.45, 7) is 5.61. The summed E-state index contributed by atoms with van der Waals surface area (Å²) < 4.78 is 3.07. The third kappa shape index (κ3) is 5.34. The van der Waals surface area contributed by atoms with Crippen molar-refractivity contribution in [1.82, 2.24) is 9.99 Å². The molecule has 3 N–H and O–H groups in total. The van der Waals surface area contributed by atoms with E-state index in [-0.39, 0.29) is 11.7 Å². The lowest BCUT2D eigenvalue weighted by atomic mass is 10.2. The Labute approximate surface area is 196 Å². The molecule has 0 aliphatic carbocycles. The Balaban J connectivity index is 1.95. The summed E-state index contributed by atoms with van der Waals surface area (Å²) in [6, 6.07) is 12.4. The minimum Gasteiger partial charge on any atom is -0.345 e. The fourth-order valence-electron chi connectivity index (χ4n) is 2.97. The van der Waals surface area contributed by atoms with Gasteiger partial charge in [0.25, 0.3) is 5.91 Å². The van der Waals surface area contributed by atoms with Crippen LogP contribution in [-0.4, -0.2) is 28.4 Å². The van der Waals surface area contributed by atoms with Crippen molar-refractivity contribution in [1.29, 1.82) is 0 Å². The number of fused-ring (bicyclic) bond motifs is 1. The maximum absolute atomic E-state index is 13.1. The highest BCUT2D eigenvalue weighted by molar-refractivity contribution is 9.10. The molecule has 0 aliphatic heterocycles. The molecule has 0 aliphatic rings. The number of carbonyl (C=O) groups is 3. The predicted molar refractivity (Wildman–Crippen MR) is 129 cm³/mol. The SMILES string of the molecule is CC[C@H](C)NC(=O)C(=O)Nn1c(C(=O)Nc2ccc(Br)cc2C)cc2cc(Br)ccc21. The molecule has 0 spiro atoms. The number of aryl methyl sites for hydroxylation is 1. The molecule has 0 bridgehead atoms. The van der Waals surface area contributed by atoms with Crippen molar-refractivity contribution in [3.8, 4) is 0 Å². The number of aromatic nitrogens is 1. The quantitative estimate of drug-likeness (QED) is 0.402. The zero-order valence-corrected chi connectivity index (χ0v) is 20.4. The lowest BCUT2D eigenvalue weighted by molar-refractivity contribution is -0.137. The Bertz CT molecular complexity index is 1170. The van der Waals surface area contributed by atoms with Crippen molar-refractivity contribution in [2.45, 2.75) is 33.2 Å². The minimum absolute atomic E-state index is 0.140. The van der Waals surface area contributed by atoms with E-state index in [1.165, 1.54) is 4.68 Å². The summed E-state index contributed by atoms with van der Waals surface area (Å²) in [5, 5.41) is 6.22. The fourth-order valence-corrected chi connectivity index (χ4v) is 3.83. The molecule has 1 aromatic heterocycles. The Kier molecular flexibility index (Phi) is 7.17. The first-order chi connectivity index (χ1) is 14.7. The number of anilines is 1. The number of nitrogens with one attached hydrogen (secondary N) is 3. The highest BCUT2D eigenvalue weighted by atomic mass is 79.9. The van der Waals surface area contributed by atoms with Crippen LogP contribution in [0.4, 0.5) is 5.69 Å². The first-order valence-electron chi connectivity index (χ1n) is 9.70. The van der Waals surface area contributed by atoms with Crippen molar-refractivity contribution >= 4 is 66.2 Å². The van der Waals surface area contributed by atoms with Gasteiger partial charge in [-0.25, -0.2) is 4.68 Å². The van der Waals surface area contributed by atoms with Crippen LogP contribution >= 0.6 is 31.9 Å². The number of benzene rings is 2. The smallest absolute Gasteiger partial charge is 0.328 e. The van der Waals surface area contributed by atoms with Gasteiger partial charge in [-0.2, -0.15) is 0 Å². The zero-order valence-electron chi connectivity index (χ0n) is 17.3. The molecule has 7 nitrogen and oxygen atoms in total. The van der Waals surface area contributed by atoms with Crippen molar-refractivity contribution < 1.29 is 14.4 Å². The lowest BCUT2D eigenvalue weighted by Gasteiger charge is -2.15. The van der Waals surface area contributed by atoms with Crippen molar-refractivity contribution in [3.63, 3.8) is 0 Å². The van der Waals surface area contributed by atoms with Gasteiger partial charge in [0.15, 0.2) is 0 Å². The van der Waals surface area contributed by atoms with Crippen LogP contribution < -0.4 is 16.1 Å². The second-order valence-electron chi connectivity index (χ2n) is 7.21. The van der Waals surface area contributed by atoms with E-state index in [9.17, 15) is 14.4 Å². The number of rotatable bonds is 5. The lowest BCUT2D eigenvalue weighted by Crippen LogP contribution is -2.43. The maximum atomic E-state index is 13.1. The molecule has 0 unspecified atom stereocenters. The Morgan fingerprint density at radius 3 is 2.35 bits per heavy atom. The van der Waals surface area contributed by atoms with Gasteiger partial charge < -0.3 is 10.6 Å². The average molecular weight is 550 g/mol. The Morgan fingerprint density at radius 1 is 1.00 bits per heavy atom. The van der Waals surface area contributed by atoms with E-state index in [4.69, 9.17) is 0 Å².